The SMILES string of the molecule is CC(C)CC1CN(C(C)C)C(C)(C)CN1. The van der Waals surface area contributed by atoms with Crippen molar-refractivity contribution in [3.8, 4) is 0 Å². The van der Waals surface area contributed by atoms with Gasteiger partial charge in [0.2, 0.25) is 0 Å². The summed E-state index contributed by atoms with van der Waals surface area (Å²) < 4.78 is 0. The fraction of sp³-hybridized carbons (Fsp3) is 1.00. The zero-order valence-electron chi connectivity index (χ0n) is 11.3. The van der Waals surface area contributed by atoms with Crippen molar-refractivity contribution in [1.29, 1.82) is 0 Å². The lowest BCUT2D eigenvalue weighted by Gasteiger charge is -2.48. The molecule has 0 aromatic carbocycles. The molecule has 1 rings (SSSR count). The lowest BCUT2D eigenvalue weighted by Crippen LogP contribution is -2.63. The van der Waals surface area contributed by atoms with Gasteiger partial charge in [0.25, 0.3) is 0 Å². The number of hydrogen-bond acceptors (Lipinski definition) is 2. The molecule has 2 nitrogen and oxygen atoms in total. The highest BCUT2D eigenvalue weighted by atomic mass is 15.3. The molecule has 0 saturated carbocycles. The van der Waals surface area contributed by atoms with E-state index < -0.39 is 0 Å². The fourth-order valence-electron chi connectivity index (χ4n) is 2.68. The van der Waals surface area contributed by atoms with Crippen LogP contribution in [0, 0.1) is 5.92 Å². The highest BCUT2D eigenvalue weighted by Crippen LogP contribution is 2.23. The molecule has 90 valence electrons. The third-order valence-electron chi connectivity index (χ3n) is 3.40. The van der Waals surface area contributed by atoms with Gasteiger partial charge in [-0.3, -0.25) is 4.90 Å². The monoisotopic (exact) mass is 212 g/mol. The minimum Gasteiger partial charge on any atom is -0.311 e. The molecular formula is C13H28N2. The van der Waals surface area contributed by atoms with Gasteiger partial charge in [0.15, 0.2) is 0 Å². The molecule has 1 saturated heterocycles. The van der Waals surface area contributed by atoms with Crippen LogP contribution in [0.3, 0.4) is 0 Å². The van der Waals surface area contributed by atoms with Crippen molar-refractivity contribution in [2.24, 2.45) is 5.92 Å². The van der Waals surface area contributed by atoms with Crippen LogP contribution in [0.1, 0.15) is 48.0 Å². The van der Waals surface area contributed by atoms with Crippen molar-refractivity contribution in [2.45, 2.75) is 65.6 Å². The molecule has 1 N–H and O–H groups in total. The Kier molecular flexibility index (Phi) is 4.19. The summed E-state index contributed by atoms with van der Waals surface area (Å²) in [6.45, 7) is 16.2. The van der Waals surface area contributed by atoms with Crippen LogP contribution in [0.5, 0.6) is 0 Å². The Balaban J connectivity index is 2.58. The van der Waals surface area contributed by atoms with Crippen molar-refractivity contribution in [3.63, 3.8) is 0 Å². The zero-order valence-corrected chi connectivity index (χ0v) is 11.3. The van der Waals surface area contributed by atoms with E-state index in [-0.39, 0.29) is 0 Å². The normalized spacial score (nSPS) is 27.6. The Morgan fingerprint density at radius 2 is 1.87 bits per heavy atom. The third kappa shape index (κ3) is 3.46. The molecule has 1 unspecified atom stereocenters. The first-order valence-electron chi connectivity index (χ1n) is 6.33. The van der Waals surface area contributed by atoms with E-state index in [2.05, 4.69) is 51.8 Å². The summed E-state index contributed by atoms with van der Waals surface area (Å²) in [7, 11) is 0. The maximum atomic E-state index is 3.68. The summed E-state index contributed by atoms with van der Waals surface area (Å²) in [5.74, 6) is 0.790. The summed E-state index contributed by atoms with van der Waals surface area (Å²) >= 11 is 0. The van der Waals surface area contributed by atoms with Gasteiger partial charge < -0.3 is 5.32 Å². The van der Waals surface area contributed by atoms with Gasteiger partial charge in [-0.1, -0.05) is 13.8 Å². The van der Waals surface area contributed by atoms with Crippen molar-refractivity contribution >= 4 is 0 Å². The first-order valence-corrected chi connectivity index (χ1v) is 6.33. The molecule has 15 heavy (non-hydrogen) atoms. The van der Waals surface area contributed by atoms with E-state index in [1.165, 1.54) is 13.0 Å². The number of rotatable bonds is 3. The highest BCUT2D eigenvalue weighted by molar-refractivity contribution is 4.94. The van der Waals surface area contributed by atoms with Crippen LogP contribution >= 0.6 is 0 Å². The quantitative estimate of drug-likeness (QED) is 0.773. The first kappa shape index (κ1) is 13.0. The topological polar surface area (TPSA) is 15.3 Å². The molecule has 1 aliphatic heterocycles. The molecule has 1 fully saturated rings. The van der Waals surface area contributed by atoms with Gasteiger partial charge in [-0.15, -0.1) is 0 Å². The van der Waals surface area contributed by atoms with Crippen LogP contribution < -0.4 is 5.32 Å². The molecule has 1 aliphatic rings. The van der Waals surface area contributed by atoms with Crippen LogP contribution in [0.4, 0.5) is 0 Å². The average molecular weight is 212 g/mol. The Morgan fingerprint density at radius 1 is 1.27 bits per heavy atom. The maximum Gasteiger partial charge on any atom is 0.0281 e. The van der Waals surface area contributed by atoms with Crippen molar-refractivity contribution in [3.05, 3.63) is 0 Å². The van der Waals surface area contributed by atoms with E-state index in [0.29, 0.717) is 17.6 Å². The molecule has 0 amide bonds. The Labute approximate surface area is 95.4 Å². The number of hydrogen-bond donors (Lipinski definition) is 1. The molecule has 2 heteroatoms. The maximum absolute atomic E-state index is 3.68. The second-order valence-electron chi connectivity index (χ2n) is 6.27. The van der Waals surface area contributed by atoms with E-state index in [1.807, 2.05) is 0 Å². The molecule has 0 aromatic rings. The standard InChI is InChI=1S/C13H28N2/c1-10(2)7-12-8-15(11(3)4)13(5,6)9-14-12/h10-12,14H,7-9H2,1-6H3. The highest BCUT2D eigenvalue weighted by Gasteiger charge is 2.35. The largest absolute Gasteiger partial charge is 0.311 e. The van der Waals surface area contributed by atoms with Crippen molar-refractivity contribution in [2.75, 3.05) is 13.1 Å². The predicted octanol–water partition coefficient (Wildman–Crippen LogP) is 2.49. The van der Waals surface area contributed by atoms with Crippen molar-refractivity contribution in [1.82, 2.24) is 10.2 Å². The minimum absolute atomic E-state index is 0.307. The van der Waals surface area contributed by atoms with Gasteiger partial charge in [-0.25, -0.2) is 0 Å². The van der Waals surface area contributed by atoms with E-state index >= 15 is 0 Å². The second-order valence-corrected chi connectivity index (χ2v) is 6.27. The minimum atomic E-state index is 0.307. The lowest BCUT2D eigenvalue weighted by molar-refractivity contribution is 0.0335. The summed E-state index contributed by atoms with van der Waals surface area (Å²) in [5, 5.41) is 3.68. The van der Waals surface area contributed by atoms with Crippen LogP contribution in [-0.2, 0) is 0 Å². The van der Waals surface area contributed by atoms with Gasteiger partial charge in [0, 0.05) is 30.7 Å². The van der Waals surface area contributed by atoms with Crippen LogP contribution in [0.25, 0.3) is 0 Å². The van der Waals surface area contributed by atoms with Gasteiger partial charge in [-0.05, 0) is 40.0 Å². The predicted molar refractivity (Wildman–Crippen MR) is 67.2 cm³/mol. The first-order chi connectivity index (χ1) is 6.83. The number of nitrogens with one attached hydrogen (secondary N) is 1. The van der Waals surface area contributed by atoms with Crippen LogP contribution in [0.2, 0.25) is 0 Å². The van der Waals surface area contributed by atoms with Gasteiger partial charge in [-0.2, -0.15) is 0 Å². The Bertz CT molecular complexity index is 197. The molecular weight excluding hydrogens is 184 g/mol. The van der Waals surface area contributed by atoms with Gasteiger partial charge in [0.1, 0.15) is 0 Å². The Morgan fingerprint density at radius 3 is 2.33 bits per heavy atom. The molecule has 0 aliphatic carbocycles. The average Bonchev–Trinajstić information content (AvgIpc) is 2.06. The molecule has 0 spiro atoms. The molecule has 0 radical (unpaired) electrons. The molecule has 0 bridgehead atoms. The van der Waals surface area contributed by atoms with E-state index in [1.54, 1.807) is 0 Å². The third-order valence-corrected chi connectivity index (χ3v) is 3.40. The summed E-state index contributed by atoms with van der Waals surface area (Å²) in [4.78, 5) is 2.64. The van der Waals surface area contributed by atoms with E-state index in [9.17, 15) is 0 Å². The van der Waals surface area contributed by atoms with Gasteiger partial charge >= 0.3 is 0 Å². The van der Waals surface area contributed by atoms with E-state index in [0.717, 1.165) is 12.5 Å². The number of nitrogens with zero attached hydrogens (tertiary/aromatic N) is 1. The van der Waals surface area contributed by atoms with Gasteiger partial charge in [0.05, 0.1) is 0 Å². The Hall–Kier alpha value is -0.0800. The molecule has 1 heterocycles. The summed E-state index contributed by atoms with van der Waals surface area (Å²) in [6.07, 6.45) is 1.29. The zero-order chi connectivity index (χ0) is 11.6. The smallest absolute Gasteiger partial charge is 0.0281 e. The molecule has 1 atom stereocenters. The fourth-order valence-corrected chi connectivity index (χ4v) is 2.68. The summed E-state index contributed by atoms with van der Waals surface area (Å²) in [6, 6.07) is 1.33. The summed E-state index contributed by atoms with van der Waals surface area (Å²) in [5.41, 5.74) is 0.307. The van der Waals surface area contributed by atoms with Crippen molar-refractivity contribution < 1.29 is 0 Å². The number of piperazine rings is 1. The second kappa shape index (κ2) is 4.84. The molecule has 0 aromatic heterocycles. The van der Waals surface area contributed by atoms with Crippen LogP contribution in [0.15, 0.2) is 0 Å². The lowest BCUT2D eigenvalue weighted by atomic mass is 9.92. The van der Waals surface area contributed by atoms with Crippen LogP contribution in [-0.4, -0.2) is 35.6 Å². The van der Waals surface area contributed by atoms with E-state index in [4.69, 9.17) is 0 Å².